The number of benzene rings is 2. The fourth-order valence-electron chi connectivity index (χ4n) is 3.69. The quantitative estimate of drug-likeness (QED) is 0.179. The van der Waals surface area contributed by atoms with E-state index in [1.807, 2.05) is 24.3 Å². The molecule has 0 fully saturated rings. The molecule has 31 heavy (non-hydrogen) atoms. The van der Waals surface area contributed by atoms with Gasteiger partial charge in [-0.3, -0.25) is 9.59 Å². The van der Waals surface area contributed by atoms with Crippen LogP contribution in [0.25, 0.3) is 11.1 Å². The summed E-state index contributed by atoms with van der Waals surface area (Å²) in [6, 6.07) is 16.3. The lowest BCUT2D eigenvalue weighted by molar-refractivity contribution is -0.146. The van der Waals surface area contributed by atoms with E-state index in [9.17, 15) is 9.59 Å². The number of hydrogen-bond acceptors (Lipinski definition) is 3. The Bertz CT molecular complexity index is 790. The second kappa shape index (κ2) is 13.8. The van der Waals surface area contributed by atoms with Crippen LogP contribution in [0.3, 0.4) is 0 Å². The lowest BCUT2D eigenvalue weighted by Crippen LogP contribution is -2.24. The van der Waals surface area contributed by atoms with Crippen molar-refractivity contribution in [1.82, 2.24) is 0 Å². The standard InChI is InChI=1S/C28H38O3/c1-4-6-8-9-11-12-23-14-16-24(17-15-23)25-18-20-26(21-19-25)28(30)22(3)31-27(29)13-10-7-5-2/h14-22H,4-13H2,1-3H3. The highest BCUT2D eigenvalue weighted by Crippen LogP contribution is 2.22. The third kappa shape index (κ3) is 8.69. The smallest absolute Gasteiger partial charge is 0.306 e. The largest absolute Gasteiger partial charge is 0.454 e. The van der Waals surface area contributed by atoms with Gasteiger partial charge in [0.15, 0.2) is 6.10 Å². The fraction of sp³-hybridized carbons (Fsp3) is 0.500. The number of carbonyl (C=O) groups is 2. The molecule has 1 unspecified atom stereocenters. The van der Waals surface area contributed by atoms with Crippen LogP contribution in [0.4, 0.5) is 0 Å². The van der Waals surface area contributed by atoms with Crippen molar-refractivity contribution in [3.8, 4) is 11.1 Å². The van der Waals surface area contributed by atoms with Crippen molar-refractivity contribution in [3.63, 3.8) is 0 Å². The molecule has 0 saturated heterocycles. The summed E-state index contributed by atoms with van der Waals surface area (Å²) in [7, 11) is 0. The summed E-state index contributed by atoms with van der Waals surface area (Å²) in [5.41, 5.74) is 4.17. The lowest BCUT2D eigenvalue weighted by atomic mass is 9.99. The summed E-state index contributed by atoms with van der Waals surface area (Å²) in [6.45, 7) is 5.98. The number of aryl methyl sites for hydroxylation is 1. The van der Waals surface area contributed by atoms with Gasteiger partial charge in [-0.15, -0.1) is 0 Å². The molecule has 0 aliphatic heterocycles. The van der Waals surface area contributed by atoms with Gasteiger partial charge < -0.3 is 4.74 Å². The summed E-state index contributed by atoms with van der Waals surface area (Å²) in [4.78, 5) is 24.5. The topological polar surface area (TPSA) is 43.4 Å². The predicted octanol–water partition coefficient (Wildman–Crippen LogP) is 7.56. The van der Waals surface area contributed by atoms with Gasteiger partial charge in [-0.25, -0.2) is 0 Å². The summed E-state index contributed by atoms with van der Waals surface area (Å²) >= 11 is 0. The van der Waals surface area contributed by atoms with Crippen LogP contribution < -0.4 is 0 Å². The fourth-order valence-corrected chi connectivity index (χ4v) is 3.69. The number of rotatable bonds is 14. The van der Waals surface area contributed by atoms with Crippen LogP contribution in [-0.2, 0) is 16.0 Å². The molecule has 2 aromatic rings. The number of esters is 1. The average molecular weight is 423 g/mol. The molecule has 0 aliphatic rings. The Balaban J connectivity index is 1.87. The molecular formula is C28H38O3. The van der Waals surface area contributed by atoms with Crippen LogP contribution in [0, 0.1) is 0 Å². The molecule has 0 heterocycles. The second-order valence-electron chi connectivity index (χ2n) is 8.39. The maximum Gasteiger partial charge on any atom is 0.306 e. The number of carbonyl (C=O) groups excluding carboxylic acids is 2. The van der Waals surface area contributed by atoms with Gasteiger partial charge in [-0.05, 0) is 42.9 Å². The number of ketones is 1. The van der Waals surface area contributed by atoms with E-state index < -0.39 is 6.10 Å². The minimum absolute atomic E-state index is 0.159. The van der Waals surface area contributed by atoms with Gasteiger partial charge in [0, 0.05) is 12.0 Å². The Kier molecular flexibility index (Phi) is 11.1. The molecule has 1 atom stereocenters. The number of Topliss-reactive ketones (excluding diaryl/α,β-unsaturated/α-hetero) is 1. The number of ether oxygens (including phenoxy) is 1. The first-order chi connectivity index (χ1) is 15.0. The van der Waals surface area contributed by atoms with Gasteiger partial charge in [0.05, 0.1) is 0 Å². The van der Waals surface area contributed by atoms with Gasteiger partial charge in [-0.1, -0.05) is 101 Å². The molecule has 2 rings (SSSR count). The van der Waals surface area contributed by atoms with Crippen molar-refractivity contribution < 1.29 is 14.3 Å². The van der Waals surface area contributed by atoms with Crippen LogP contribution in [0.2, 0.25) is 0 Å². The highest BCUT2D eigenvalue weighted by molar-refractivity contribution is 6.00. The van der Waals surface area contributed by atoms with E-state index in [-0.39, 0.29) is 11.8 Å². The zero-order valence-corrected chi connectivity index (χ0v) is 19.5. The monoisotopic (exact) mass is 422 g/mol. The van der Waals surface area contributed by atoms with E-state index >= 15 is 0 Å². The highest BCUT2D eigenvalue weighted by Gasteiger charge is 2.19. The predicted molar refractivity (Wildman–Crippen MR) is 128 cm³/mol. The zero-order chi connectivity index (χ0) is 22.5. The highest BCUT2D eigenvalue weighted by atomic mass is 16.5. The summed E-state index contributed by atoms with van der Waals surface area (Å²) in [6.07, 6.45) is 10.1. The van der Waals surface area contributed by atoms with Gasteiger partial charge >= 0.3 is 5.97 Å². The van der Waals surface area contributed by atoms with Crippen LogP contribution >= 0.6 is 0 Å². The van der Waals surface area contributed by atoms with Gasteiger partial charge in [-0.2, -0.15) is 0 Å². The summed E-state index contributed by atoms with van der Waals surface area (Å²) in [5, 5.41) is 0. The van der Waals surface area contributed by atoms with Crippen molar-refractivity contribution in [2.24, 2.45) is 0 Å². The lowest BCUT2D eigenvalue weighted by Gasteiger charge is -2.13. The Labute approximate surface area is 188 Å². The summed E-state index contributed by atoms with van der Waals surface area (Å²) in [5.74, 6) is -0.454. The molecule has 0 aromatic heterocycles. The molecule has 3 nitrogen and oxygen atoms in total. The minimum Gasteiger partial charge on any atom is -0.454 e. The van der Waals surface area contributed by atoms with Crippen LogP contribution in [-0.4, -0.2) is 17.9 Å². The van der Waals surface area contributed by atoms with Crippen molar-refractivity contribution in [1.29, 1.82) is 0 Å². The zero-order valence-electron chi connectivity index (χ0n) is 19.5. The maximum absolute atomic E-state index is 12.6. The van der Waals surface area contributed by atoms with Crippen molar-refractivity contribution in [2.45, 2.75) is 91.1 Å². The second-order valence-corrected chi connectivity index (χ2v) is 8.39. The van der Waals surface area contributed by atoms with E-state index in [0.717, 1.165) is 36.8 Å². The number of hydrogen-bond donors (Lipinski definition) is 0. The minimum atomic E-state index is -0.753. The first kappa shape index (κ1) is 24.8. The Morgan fingerprint density at radius 3 is 1.90 bits per heavy atom. The van der Waals surface area contributed by atoms with E-state index in [1.165, 1.54) is 37.7 Å². The molecule has 0 spiro atoms. The average Bonchev–Trinajstić information content (AvgIpc) is 2.79. The molecule has 0 aliphatic carbocycles. The molecule has 0 radical (unpaired) electrons. The van der Waals surface area contributed by atoms with E-state index in [1.54, 1.807) is 6.92 Å². The normalized spacial score (nSPS) is 11.8. The Morgan fingerprint density at radius 1 is 0.742 bits per heavy atom. The van der Waals surface area contributed by atoms with Gasteiger partial charge in [0.25, 0.3) is 0 Å². The molecule has 168 valence electrons. The van der Waals surface area contributed by atoms with E-state index in [4.69, 9.17) is 4.74 Å². The molecule has 0 amide bonds. The molecule has 0 saturated carbocycles. The van der Waals surface area contributed by atoms with Crippen LogP contribution in [0.15, 0.2) is 48.5 Å². The third-order valence-corrected chi connectivity index (χ3v) is 5.69. The van der Waals surface area contributed by atoms with E-state index in [0.29, 0.717) is 12.0 Å². The maximum atomic E-state index is 12.6. The van der Waals surface area contributed by atoms with E-state index in [2.05, 4.69) is 38.1 Å². The van der Waals surface area contributed by atoms with Crippen molar-refractivity contribution >= 4 is 11.8 Å². The summed E-state index contributed by atoms with van der Waals surface area (Å²) < 4.78 is 5.31. The van der Waals surface area contributed by atoms with Crippen LogP contribution in [0.1, 0.15) is 94.5 Å². The third-order valence-electron chi connectivity index (χ3n) is 5.69. The van der Waals surface area contributed by atoms with Crippen LogP contribution in [0.5, 0.6) is 0 Å². The van der Waals surface area contributed by atoms with Crippen molar-refractivity contribution in [3.05, 3.63) is 59.7 Å². The molecule has 3 heteroatoms. The number of unbranched alkanes of at least 4 members (excludes halogenated alkanes) is 6. The Hall–Kier alpha value is -2.42. The first-order valence-electron chi connectivity index (χ1n) is 12.0. The Morgan fingerprint density at radius 2 is 1.29 bits per heavy atom. The molecule has 2 aromatic carbocycles. The first-order valence-corrected chi connectivity index (χ1v) is 12.0. The molecule has 0 N–H and O–H groups in total. The van der Waals surface area contributed by atoms with Crippen molar-refractivity contribution in [2.75, 3.05) is 0 Å². The van der Waals surface area contributed by atoms with Gasteiger partial charge in [0.2, 0.25) is 5.78 Å². The SMILES string of the molecule is CCCCCCCc1ccc(-c2ccc(C(=O)C(C)OC(=O)CCCCC)cc2)cc1. The molecule has 0 bridgehead atoms. The van der Waals surface area contributed by atoms with Gasteiger partial charge in [0.1, 0.15) is 0 Å². The molecular weight excluding hydrogens is 384 g/mol.